The van der Waals surface area contributed by atoms with Crippen molar-refractivity contribution in [3.05, 3.63) is 94.5 Å². The lowest BCUT2D eigenvalue weighted by Gasteiger charge is -2.26. The zero-order valence-electron chi connectivity index (χ0n) is 18.4. The summed E-state index contributed by atoms with van der Waals surface area (Å²) in [5.41, 5.74) is 3.44. The summed E-state index contributed by atoms with van der Waals surface area (Å²) in [6.45, 7) is 5.52. The molecule has 3 aromatic rings. The van der Waals surface area contributed by atoms with E-state index in [0.717, 1.165) is 21.0 Å². The number of halogens is 1. The molecule has 0 bridgehead atoms. The molecule has 0 saturated heterocycles. The number of carbonyl (C=O) groups is 1. The summed E-state index contributed by atoms with van der Waals surface area (Å²) in [5.74, 6) is -0.378. The van der Waals surface area contributed by atoms with E-state index in [2.05, 4.69) is 5.32 Å². The zero-order chi connectivity index (χ0) is 23.3. The van der Waals surface area contributed by atoms with Crippen molar-refractivity contribution in [2.75, 3.05) is 10.8 Å². The molecule has 7 heteroatoms. The van der Waals surface area contributed by atoms with Crippen molar-refractivity contribution in [1.82, 2.24) is 5.32 Å². The molecule has 168 valence electrons. The molecule has 5 nitrogen and oxygen atoms in total. The van der Waals surface area contributed by atoms with E-state index >= 15 is 0 Å². The van der Waals surface area contributed by atoms with Crippen molar-refractivity contribution < 1.29 is 13.2 Å². The largest absolute Gasteiger partial charge is 0.348 e. The van der Waals surface area contributed by atoms with Crippen LogP contribution in [0.1, 0.15) is 36.1 Å². The molecule has 0 heterocycles. The molecular weight excluding hydrogens is 444 g/mol. The van der Waals surface area contributed by atoms with Gasteiger partial charge in [-0.1, -0.05) is 60.5 Å². The lowest BCUT2D eigenvalue weighted by atomic mass is 10.0. The molecule has 0 radical (unpaired) electrons. The van der Waals surface area contributed by atoms with Crippen molar-refractivity contribution >= 4 is 33.2 Å². The van der Waals surface area contributed by atoms with E-state index in [1.165, 1.54) is 24.3 Å². The summed E-state index contributed by atoms with van der Waals surface area (Å²) >= 11 is 5.93. The van der Waals surface area contributed by atoms with Crippen LogP contribution in [-0.4, -0.2) is 20.9 Å². The molecule has 1 N–H and O–H groups in total. The Morgan fingerprint density at radius 2 is 1.62 bits per heavy atom. The number of nitrogens with one attached hydrogen (secondary N) is 1. The van der Waals surface area contributed by atoms with E-state index < -0.39 is 10.0 Å². The lowest BCUT2D eigenvalue weighted by Crippen LogP contribution is -2.42. The van der Waals surface area contributed by atoms with Gasteiger partial charge in [-0.25, -0.2) is 8.42 Å². The number of sulfonamides is 1. The molecule has 0 aromatic heterocycles. The Kier molecular flexibility index (Phi) is 7.59. The van der Waals surface area contributed by atoms with E-state index in [-0.39, 0.29) is 23.4 Å². The number of anilines is 1. The van der Waals surface area contributed by atoms with Crippen molar-refractivity contribution in [3.63, 3.8) is 0 Å². The third-order valence-electron chi connectivity index (χ3n) is 5.20. The Hall–Kier alpha value is -2.83. The maximum absolute atomic E-state index is 13.5. The number of carbonyl (C=O) groups excluding carboxylic acids is 1. The second-order valence-corrected chi connectivity index (χ2v) is 10.0. The first-order valence-electron chi connectivity index (χ1n) is 10.4. The second-order valence-electron chi connectivity index (χ2n) is 7.74. The molecule has 32 heavy (non-hydrogen) atoms. The van der Waals surface area contributed by atoms with E-state index in [9.17, 15) is 13.2 Å². The summed E-state index contributed by atoms with van der Waals surface area (Å²) in [6, 6.07) is 20.8. The Bertz CT molecular complexity index is 1180. The highest BCUT2D eigenvalue weighted by Crippen LogP contribution is 2.26. The highest BCUT2D eigenvalue weighted by atomic mass is 35.5. The van der Waals surface area contributed by atoms with Crippen LogP contribution in [0.15, 0.2) is 77.7 Å². The van der Waals surface area contributed by atoms with Crippen LogP contribution in [0.3, 0.4) is 0 Å². The monoisotopic (exact) mass is 470 g/mol. The minimum atomic E-state index is -3.98. The number of hydrogen-bond donors (Lipinski definition) is 1. The van der Waals surface area contributed by atoms with Crippen molar-refractivity contribution in [2.24, 2.45) is 0 Å². The molecule has 3 aromatic carbocycles. The molecular formula is C25H27ClN2O3S. The van der Waals surface area contributed by atoms with Crippen LogP contribution in [0.4, 0.5) is 5.69 Å². The van der Waals surface area contributed by atoms with Crippen LogP contribution in [-0.2, 0) is 14.8 Å². The van der Waals surface area contributed by atoms with Gasteiger partial charge in [0.2, 0.25) is 5.91 Å². The first-order chi connectivity index (χ1) is 15.2. The predicted molar refractivity (Wildman–Crippen MR) is 130 cm³/mol. The fraction of sp³-hybridized carbons (Fsp3) is 0.240. The maximum atomic E-state index is 13.5. The SMILES string of the molecule is CC[C@H](NC(=O)CN(c1cccc(C)c1)S(=O)(=O)c1ccc(Cl)cc1)c1ccc(C)cc1. The minimum absolute atomic E-state index is 0.0711. The van der Waals surface area contributed by atoms with Gasteiger partial charge < -0.3 is 5.32 Å². The van der Waals surface area contributed by atoms with Crippen LogP contribution < -0.4 is 9.62 Å². The van der Waals surface area contributed by atoms with Crippen LogP contribution in [0.2, 0.25) is 5.02 Å². The maximum Gasteiger partial charge on any atom is 0.264 e. The fourth-order valence-electron chi connectivity index (χ4n) is 3.42. The molecule has 1 amide bonds. The van der Waals surface area contributed by atoms with Gasteiger partial charge in [0.05, 0.1) is 16.6 Å². The number of rotatable bonds is 8. The fourth-order valence-corrected chi connectivity index (χ4v) is 4.96. The van der Waals surface area contributed by atoms with Gasteiger partial charge >= 0.3 is 0 Å². The number of aryl methyl sites for hydroxylation is 2. The second kappa shape index (κ2) is 10.2. The summed E-state index contributed by atoms with van der Waals surface area (Å²) in [4.78, 5) is 13.1. The van der Waals surface area contributed by atoms with Gasteiger partial charge in [0.25, 0.3) is 10.0 Å². The van der Waals surface area contributed by atoms with E-state index in [1.54, 1.807) is 18.2 Å². The Labute approximate surface area is 195 Å². The predicted octanol–water partition coefficient (Wildman–Crippen LogP) is 5.42. The molecule has 0 unspecified atom stereocenters. The van der Waals surface area contributed by atoms with Crippen molar-refractivity contribution in [2.45, 2.75) is 38.1 Å². The Morgan fingerprint density at radius 3 is 2.22 bits per heavy atom. The Balaban J connectivity index is 1.91. The standard InChI is InChI=1S/C25H27ClN2O3S/c1-4-24(20-10-8-18(2)9-11-20)27-25(29)17-28(22-7-5-6-19(3)16-22)32(30,31)23-14-12-21(26)13-15-23/h5-16,24H,4,17H2,1-3H3,(H,27,29)/t24-/m0/s1. The normalized spacial score (nSPS) is 12.2. The molecule has 0 aliphatic rings. The smallest absolute Gasteiger partial charge is 0.264 e. The average molecular weight is 471 g/mol. The summed E-state index contributed by atoms with van der Waals surface area (Å²) in [6.07, 6.45) is 0.684. The zero-order valence-corrected chi connectivity index (χ0v) is 20.0. The van der Waals surface area contributed by atoms with E-state index in [4.69, 9.17) is 11.6 Å². The van der Waals surface area contributed by atoms with E-state index in [0.29, 0.717) is 17.1 Å². The molecule has 0 spiro atoms. The molecule has 0 aliphatic carbocycles. The van der Waals surface area contributed by atoms with Crippen molar-refractivity contribution in [1.29, 1.82) is 0 Å². The van der Waals surface area contributed by atoms with Crippen LogP contribution in [0, 0.1) is 13.8 Å². The summed E-state index contributed by atoms with van der Waals surface area (Å²) in [7, 11) is -3.98. The highest BCUT2D eigenvalue weighted by Gasteiger charge is 2.28. The van der Waals surface area contributed by atoms with Gasteiger partial charge in [-0.3, -0.25) is 9.10 Å². The first-order valence-corrected chi connectivity index (χ1v) is 12.2. The molecule has 3 rings (SSSR count). The number of benzene rings is 3. The van der Waals surface area contributed by atoms with Crippen LogP contribution in [0.25, 0.3) is 0 Å². The molecule has 0 aliphatic heterocycles. The van der Waals surface area contributed by atoms with Crippen molar-refractivity contribution in [3.8, 4) is 0 Å². The Morgan fingerprint density at radius 1 is 0.969 bits per heavy atom. The van der Waals surface area contributed by atoms with Gasteiger partial charge in [-0.2, -0.15) is 0 Å². The van der Waals surface area contributed by atoms with Gasteiger partial charge in [-0.15, -0.1) is 0 Å². The van der Waals surface area contributed by atoms with Crippen LogP contribution in [0.5, 0.6) is 0 Å². The molecule has 1 atom stereocenters. The lowest BCUT2D eigenvalue weighted by molar-refractivity contribution is -0.120. The van der Waals surface area contributed by atoms with Gasteiger partial charge in [0.15, 0.2) is 0 Å². The quantitative estimate of drug-likeness (QED) is 0.478. The van der Waals surface area contributed by atoms with Crippen LogP contribution >= 0.6 is 11.6 Å². The third-order valence-corrected chi connectivity index (χ3v) is 7.24. The summed E-state index contributed by atoms with van der Waals surface area (Å²) < 4.78 is 28.1. The minimum Gasteiger partial charge on any atom is -0.348 e. The summed E-state index contributed by atoms with van der Waals surface area (Å²) in [5, 5.41) is 3.42. The molecule has 0 fully saturated rings. The topological polar surface area (TPSA) is 66.5 Å². The molecule has 0 saturated carbocycles. The van der Waals surface area contributed by atoms with E-state index in [1.807, 2.05) is 51.1 Å². The number of nitrogens with zero attached hydrogens (tertiary/aromatic N) is 1. The third kappa shape index (κ3) is 5.69. The number of amides is 1. The van der Waals surface area contributed by atoms with Gasteiger partial charge in [0, 0.05) is 5.02 Å². The average Bonchev–Trinajstić information content (AvgIpc) is 2.76. The van der Waals surface area contributed by atoms with Gasteiger partial charge in [0.1, 0.15) is 6.54 Å². The van der Waals surface area contributed by atoms with Gasteiger partial charge in [-0.05, 0) is 67.8 Å². The first kappa shape index (κ1) is 23.8. The highest BCUT2D eigenvalue weighted by molar-refractivity contribution is 7.92. The number of hydrogen-bond acceptors (Lipinski definition) is 3.